The summed E-state index contributed by atoms with van der Waals surface area (Å²) in [6.07, 6.45) is -0.0272. The minimum atomic E-state index is -2.57. The molecule has 0 amide bonds. The van der Waals surface area contributed by atoms with Crippen molar-refractivity contribution < 1.29 is 17.6 Å². The second-order valence-corrected chi connectivity index (χ2v) is 4.11. The van der Waals surface area contributed by atoms with Crippen LogP contribution in [0.15, 0.2) is 18.2 Å². The quantitative estimate of drug-likeness (QED) is 0.666. The predicted octanol–water partition coefficient (Wildman–Crippen LogP) is 3.55. The Kier molecular flexibility index (Phi) is 2.44. The molecule has 0 aromatic heterocycles. The maximum Gasteiger partial charge on any atom is 0.248 e. The van der Waals surface area contributed by atoms with E-state index in [1.807, 2.05) is 0 Å². The lowest BCUT2D eigenvalue weighted by Gasteiger charge is -2.34. The molecule has 0 heterocycles. The van der Waals surface area contributed by atoms with E-state index >= 15 is 0 Å². The van der Waals surface area contributed by atoms with Gasteiger partial charge in [-0.05, 0) is 30.0 Å². The predicted molar refractivity (Wildman–Crippen MR) is 47.7 cm³/mol. The number of hydrogen-bond acceptors (Lipinski definition) is 0. The highest BCUT2D eigenvalue weighted by molar-refractivity contribution is 5.19. The van der Waals surface area contributed by atoms with E-state index in [4.69, 9.17) is 0 Å². The summed E-state index contributed by atoms with van der Waals surface area (Å²) >= 11 is 0. The molecule has 0 N–H and O–H groups in total. The second kappa shape index (κ2) is 3.51. The molecule has 2 rings (SSSR count). The fourth-order valence-corrected chi connectivity index (χ4v) is 1.99. The van der Waals surface area contributed by atoms with Crippen molar-refractivity contribution in [2.45, 2.75) is 25.2 Å². The Hall–Kier alpha value is -1.06. The van der Waals surface area contributed by atoms with E-state index in [-0.39, 0.29) is 18.8 Å². The van der Waals surface area contributed by atoms with Gasteiger partial charge in [0.2, 0.25) is 5.92 Å². The van der Waals surface area contributed by atoms with Crippen LogP contribution >= 0.6 is 0 Å². The molecule has 1 aromatic rings. The molecule has 0 atom stereocenters. The summed E-state index contributed by atoms with van der Waals surface area (Å²) in [5.74, 6) is -4.04. The van der Waals surface area contributed by atoms with Crippen LogP contribution in [0.5, 0.6) is 0 Å². The molecule has 0 nitrogen and oxygen atoms in total. The van der Waals surface area contributed by atoms with Crippen LogP contribution < -0.4 is 0 Å². The molecule has 1 aliphatic rings. The first-order chi connectivity index (χ1) is 6.94. The molecule has 82 valence electrons. The highest BCUT2D eigenvalue weighted by atomic mass is 19.3. The van der Waals surface area contributed by atoms with Gasteiger partial charge in [-0.25, -0.2) is 17.6 Å². The Balaban J connectivity index is 2.00. The number of halogens is 4. The van der Waals surface area contributed by atoms with Crippen molar-refractivity contribution in [1.29, 1.82) is 0 Å². The average molecular weight is 218 g/mol. The number of alkyl halides is 2. The lowest BCUT2D eigenvalue weighted by molar-refractivity contribution is -0.109. The van der Waals surface area contributed by atoms with E-state index in [0.717, 1.165) is 6.07 Å². The Morgan fingerprint density at radius 1 is 1.07 bits per heavy atom. The van der Waals surface area contributed by atoms with Gasteiger partial charge < -0.3 is 0 Å². The lowest BCUT2D eigenvalue weighted by Crippen LogP contribution is -2.36. The third-order valence-electron chi connectivity index (χ3n) is 2.62. The molecule has 0 spiro atoms. The third kappa shape index (κ3) is 2.49. The molecule has 15 heavy (non-hydrogen) atoms. The van der Waals surface area contributed by atoms with Gasteiger partial charge in [-0.3, -0.25) is 0 Å². The highest BCUT2D eigenvalue weighted by Crippen LogP contribution is 2.43. The van der Waals surface area contributed by atoms with E-state index in [9.17, 15) is 17.6 Å². The monoisotopic (exact) mass is 218 g/mol. The SMILES string of the molecule is Fc1cc(F)cc(CC2CC(F)(F)C2)c1. The van der Waals surface area contributed by atoms with Gasteiger partial charge in [-0.15, -0.1) is 0 Å². The van der Waals surface area contributed by atoms with E-state index in [1.165, 1.54) is 12.1 Å². The molecular formula is C11H10F4. The Labute approximate surface area is 84.9 Å². The van der Waals surface area contributed by atoms with Crippen LogP contribution in [0.3, 0.4) is 0 Å². The van der Waals surface area contributed by atoms with Crippen molar-refractivity contribution in [3.8, 4) is 0 Å². The summed E-state index contributed by atoms with van der Waals surface area (Å²) in [6.45, 7) is 0. The highest BCUT2D eigenvalue weighted by Gasteiger charge is 2.44. The first-order valence-corrected chi connectivity index (χ1v) is 4.77. The third-order valence-corrected chi connectivity index (χ3v) is 2.62. The number of benzene rings is 1. The summed E-state index contributed by atoms with van der Waals surface area (Å²) in [6, 6.07) is 3.16. The minimum absolute atomic E-state index is 0.152. The normalized spacial score (nSPS) is 20.0. The molecule has 4 heteroatoms. The van der Waals surface area contributed by atoms with E-state index in [2.05, 4.69) is 0 Å². The topological polar surface area (TPSA) is 0 Å². The Morgan fingerprint density at radius 2 is 1.60 bits per heavy atom. The van der Waals surface area contributed by atoms with Gasteiger partial charge in [0.15, 0.2) is 0 Å². The standard InChI is InChI=1S/C11H10F4/c12-9-2-7(3-10(13)4-9)1-8-5-11(14,15)6-8/h2-4,8H,1,5-6H2. The van der Waals surface area contributed by atoms with Crippen LogP contribution in [-0.2, 0) is 6.42 Å². The van der Waals surface area contributed by atoms with Gasteiger partial charge in [-0.2, -0.15) is 0 Å². The van der Waals surface area contributed by atoms with Crippen LogP contribution in [0.4, 0.5) is 17.6 Å². The fourth-order valence-electron chi connectivity index (χ4n) is 1.99. The minimum Gasteiger partial charge on any atom is -0.207 e. The van der Waals surface area contributed by atoms with Crippen molar-refractivity contribution in [3.63, 3.8) is 0 Å². The van der Waals surface area contributed by atoms with Crippen molar-refractivity contribution >= 4 is 0 Å². The average Bonchev–Trinajstić information content (AvgIpc) is 1.97. The van der Waals surface area contributed by atoms with Crippen LogP contribution in [0.1, 0.15) is 18.4 Å². The van der Waals surface area contributed by atoms with Gasteiger partial charge in [0.05, 0.1) is 0 Å². The first kappa shape index (κ1) is 10.5. The molecule has 0 radical (unpaired) electrons. The van der Waals surface area contributed by atoms with Crippen molar-refractivity contribution in [1.82, 2.24) is 0 Å². The summed E-state index contributed by atoms with van der Waals surface area (Å²) < 4.78 is 50.5. The molecule has 0 unspecified atom stereocenters. The molecule has 1 aromatic carbocycles. The van der Waals surface area contributed by atoms with Gasteiger partial charge in [0, 0.05) is 18.9 Å². The van der Waals surface area contributed by atoms with Gasteiger partial charge >= 0.3 is 0 Å². The molecule has 1 fully saturated rings. The largest absolute Gasteiger partial charge is 0.248 e. The van der Waals surface area contributed by atoms with Crippen LogP contribution in [0, 0.1) is 17.6 Å². The molecule has 1 aliphatic carbocycles. The lowest BCUT2D eigenvalue weighted by atomic mass is 9.77. The number of rotatable bonds is 2. The Bertz CT molecular complexity index is 345. The summed E-state index contributed by atoms with van der Waals surface area (Å²) in [4.78, 5) is 0. The van der Waals surface area contributed by atoms with Crippen LogP contribution in [-0.4, -0.2) is 5.92 Å². The van der Waals surface area contributed by atoms with Crippen LogP contribution in [0.25, 0.3) is 0 Å². The Morgan fingerprint density at radius 3 is 2.07 bits per heavy atom. The first-order valence-electron chi connectivity index (χ1n) is 4.77. The summed E-state index contributed by atoms with van der Waals surface area (Å²) in [7, 11) is 0. The van der Waals surface area contributed by atoms with Crippen LogP contribution in [0.2, 0.25) is 0 Å². The van der Waals surface area contributed by atoms with Gasteiger partial charge in [0.1, 0.15) is 11.6 Å². The van der Waals surface area contributed by atoms with E-state index in [1.54, 1.807) is 0 Å². The van der Waals surface area contributed by atoms with Gasteiger partial charge in [-0.1, -0.05) is 0 Å². The molecule has 0 bridgehead atoms. The molecule has 0 saturated heterocycles. The zero-order valence-corrected chi connectivity index (χ0v) is 7.94. The van der Waals surface area contributed by atoms with Crippen molar-refractivity contribution in [2.75, 3.05) is 0 Å². The fraction of sp³-hybridized carbons (Fsp3) is 0.455. The summed E-state index contributed by atoms with van der Waals surface area (Å²) in [5.41, 5.74) is 0.452. The second-order valence-electron chi connectivity index (χ2n) is 4.11. The van der Waals surface area contributed by atoms with E-state index < -0.39 is 17.6 Å². The van der Waals surface area contributed by atoms with Crippen molar-refractivity contribution in [2.24, 2.45) is 5.92 Å². The zero-order valence-electron chi connectivity index (χ0n) is 7.94. The molecule has 1 saturated carbocycles. The smallest absolute Gasteiger partial charge is 0.207 e. The maximum absolute atomic E-state index is 12.8. The molecular weight excluding hydrogens is 208 g/mol. The zero-order chi connectivity index (χ0) is 11.1. The maximum atomic E-state index is 12.8. The van der Waals surface area contributed by atoms with Crippen molar-refractivity contribution in [3.05, 3.63) is 35.4 Å². The summed E-state index contributed by atoms with van der Waals surface area (Å²) in [5, 5.41) is 0. The van der Waals surface area contributed by atoms with Gasteiger partial charge in [0.25, 0.3) is 0 Å². The molecule has 0 aliphatic heterocycles. The van der Waals surface area contributed by atoms with E-state index in [0.29, 0.717) is 12.0 Å². The number of hydrogen-bond donors (Lipinski definition) is 0.